The molecule has 0 bridgehead atoms. The van der Waals surface area contributed by atoms with Crippen LogP contribution in [0.15, 0.2) is 33.6 Å². The molecule has 1 aromatic carbocycles. The molecule has 0 aliphatic rings. The number of nitro groups is 1. The molecule has 0 aliphatic heterocycles. The molecule has 0 unspecified atom stereocenters. The highest BCUT2D eigenvalue weighted by molar-refractivity contribution is 7.90. The Morgan fingerprint density at radius 1 is 1.41 bits per heavy atom. The van der Waals surface area contributed by atoms with Crippen LogP contribution in [0.5, 0.6) is 0 Å². The van der Waals surface area contributed by atoms with Gasteiger partial charge < -0.3 is 4.90 Å². The molecule has 0 aliphatic carbocycles. The molecular formula is C9H11N3O4S. The summed E-state index contributed by atoms with van der Waals surface area (Å²) in [7, 11) is -0.653. The van der Waals surface area contributed by atoms with Gasteiger partial charge in [0.25, 0.3) is 15.7 Å². The summed E-state index contributed by atoms with van der Waals surface area (Å²) in [4.78, 5) is 11.1. The van der Waals surface area contributed by atoms with E-state index < -0.39 is 14.9 Å². The predicted molar refractivity (Wildman–Crippen MR) is 62.5 cm³/mol. The summed E-state index contributed by atoms with van der Waals surface area (Å²) in [5.41, 5.74) is -0.286. The van der Waals surface area contributed by atoms with Crippen LogP contribution < -0.4 is 0 Å². The maximum atomic E-state index is 11.7. The summed E-state index contributed by atoms with van der Waals surface area (Å²) in [6.45, 7) is 0. The molecule has 0 aromatic heterocycles. The number of nitro benzene ring substituents is 1. The number of nitrogens with zero attached hydrogens (tertiary/aromatic N) is 3. The second-order valence-corrected chi connectivity index (χ2v) is 5.05. The van der Waals surface area contributed by atoms with Crippen LogP contribution in [-0.4, -0.2) is 38.7 Å². The summed E-state index contributed by atoms with van der Waals surface area (Å²) >= 11 is 0. The van der Waals surface area contributed by atoms with Crippen LogP contribution >= 0.6 is 0 Å². The van der Waals surface area contributed by atoms with Crippen molar-refractivity contribution in [1.29, 1.82) is 0 Å². The fraction of sp³-hybridized carbons (Fsp3) is 0.222. The zero-order valence-electron chi connectivity index (χ0n) is 9.27. The summed E-state index contributed by atoms with van der Waals surface area (Å²) in [6.07, 6.45) is 1.12. The van der Waals surface area contributed by atoms with Crippen molar-refractivity contribution in [2.75, 3.05) is 14.1 Å². The first kappa shape index (κ1) is 13.1. The Morgan fingerprint density at radius 2 is 2.06 bits per heavy atom. The second-order valence-electron chi connectivity index (χ2n) is 3.41. The molecule has 0 saturated heterocycles. The first-order valence-corrected chi connectivity index (χ1v) is 5.98. The van der Waals surface area contributed by atoms with Gasteiger partial charge in [0, 0.05) is 26.2 Å². The molecule has 0 saturated carbocycles. The summed E-state index contributed by atoms with van der Waals surface area (Å²) in [5.74, 6) is 0. The van der Waals surface area contributed by atoms with Gasteiger partial charge in [0.15, 0.2) is 0 Å². The lowest BCUT2D eigenvalue weighted by molar-refractivity contribution is -0.385. The van der Waals surface area contributed by atoms with Gasteiger partial charge in [0.2, 0.25) is 0 Å². The largest absolute Gasteiger partial charge is 0.368 e. The zero-order chi connectivity index (χ0) is 13.1. The minimum Gasteiger partial charge on any atom is -0.368 e. The summed E-state index contributed by atoms with van der Waals surface area (Å²) in [5, 5.41) is 10.5. The lowest BCUT2D eigenvalue weighted by atomic mass is 10.3. The monoisotopic (exact) mass is 257 g/mol. The highest BCUT2D eigenvalue weighted by atomic mass is 32.2. The number of benzene rings is 1. The van der Waals surface area contributed by atoms with E-state index in [9.17, 15) is 18.5 Å². The smallest absolute Gasteiger partial charge is 0.283 e. The van der Waals surface area contributed by atoms with Crippen molar-refractivity contribution in [2.24, 2.45) is 4.40 Å². The zero-order valence-corrected chi connectivity index (χ0v) is 10.1. The van der Waals surface area contributed by atoms with Crippen molar-refractivity contribution in [1.82, 2.24) is 4.90 Å². The number of hydrogen-bond acceptors (Lipinski definition) is 4. The Labute approximate surface area is 98.6 Å². The van der Waals surface area contributed by atoms with E-state index in [4.69, 9.17) is 0 Å². The van der Waals surface area contributed by atoms with Crippen molar-refractivity contribution in [3.63, 3.8) is 0 Å². The SMILES string of the molecule is CN(C)/C=N/S(=O)(=O)c1cccc([N+](=O)[O-])c1. The van der Waals surface area contributed by atoms with Crippen molar-refractivity contribution in [3.05, 3.63) is 34.4 Å². The molecular weight excluding hydrogens is 246 g/mol. The summed E-state index contributed by atoms with van der Waals surface area (Å²) < 4.78 is 26.7. The van der Waals surface area contributed by atoms with Crippen LogP contribution in [0.25, 0.3) is 0 Å². The van der Waals surface area contributed by atoms with Gasteiger partial charge in [-0.15, -0.1) is 4.40 Å². The maximum Gasteiger partial charge on any atom is 0.283 e. The van der Waals surface area contributed by atoms with Crippen LogP contribution in [0.2, 0.25) is 0 Å². The Balaban J connectivity index is 3.16. The standard InChI is InChI=1S/C9H11N3O4S/c1-11(2)7-10-17(15,16)9-5-3-4-8(6-9)12(13)14/h3-7H,1-2H3/b10-7+. The van der Waals surface area contributed by atoms with Gasteiger partial charge in [0.1, 0.15) is 6.34 Å². The predicted octanol–water partition coefficient (Wildman–Crippen LogP) is 0.873. The molecule has 0 spiro atoms. The molecule has 92 valence electrons. The van der Waals surface area contributed by atoms with E-state index in [1.807, 2.05) is 0 Å². The van der Waals surface area contributed by atoms with Crippen molar-refractivity contribution < 1.29 is 13.3 Å². The average molecular weight is 257 g/mol. The Hall–Kier alpha value is -1.96. The molecule has 8 heteroatoms. The number of rotatable bonds is 4. The third kappa shape index (κ3) is 3.52. The van der Waals surface area contributed by atoms with E-state index in [0.29, 0.717) is 0 Å². The van der Waals surface area contributed by atoms with Gasteiger partial charge in [-0.1, -0.05) is 6.07 Å². The van der Waals surface area contributed by atoms with E-state index >= 15 is 0 Å². The first-order chi connectivity index (χ1) is 7.83. The molecule has 0 heterocycles. The van der Waals surface area contributed by atoms with E-state index in [2.05, 4.69) is 4.40 Å². The third-order valence-electron chi connectivity index (χ3n) is 1.74. The van der Waals surface area contributed by atoms with Gasteiger partial charge in [-0.05, 0) is 6.07 Å². The van der Waals surface area contributed by atoms with Crippen molar-refractivity contribution >= 4 is 22.0 Å². The van der Waals surface area contributed by atoms with Gasteiger partial charge >= 0.3 is 0 Å². The normalized spacial score (nSPS) is 11.6. The number of hydrogen-bond donors (Lipinski definition) is 0. The summed E-state index contributed by atoms with van der Waals surface area (Å²) in [6, 6.07) is 4.75. The molecule has 0 atom stereocenters. The fourth-order valence-corrected chi connectivity index (χ4v) is 1.93. The molecule has 0 amide bonds. The van der Waals surface area contributed by atoms with Crippen LogP contribution in [0.1, 0.15) is 0 Å². The number of sulfonamides is 1. The Kier molecular flexibility index (Phi) is 3.79. The molecule has 1 aromatic rings. The third-order valence-corrected chi connectivity index (χ3v) is 2.96. The molecule has 0 fully saturated rings. The first-order valence-electron chi connectivity index (χ1n) is 4.54. The lowest BCUT2D eigenvalue weighted by Crippen LogP contribution is -2.10. The van der Waals surface area contributed by atoms with Gasteiger partial charge in [-0.3, -0.25) is 10.1 Å². The van der Waals surface area contributed by atoms with Gasteiger partial charge in [0.05, 0.1) is 9.82 Å². The molecule has 17 heavy (non-hydrogen) atoms. The maximum absolute atomic E-state index is 11.7. The molecule has 1 rings (SSSR count). The van der Waals surface area contributed by atoms with Crippen LogP contribution in [-0.2, 0) is 10.0 Å². The van der Waals surface area contributed by atoms with Gasteiger partial charge in [-0.2, -0.15) is 8.42 Å². The highest BCUT2D eigenvalue weighted by Crippen LogP contribution is 2.18. The fourth-order valence-electron chi connectivity index (χ4n) is 0.975. The van der Waals surface area contributed by atoms with Crippen molar-refractivity contribution in [2.45, 2.75) is 4.90 Å². The molecule has 0 radical (unpaired) electrons. The van der Waals surface area contributed by atoms with Crippen LogP contribution in [0.3, 0.4) is 0 Å². The van der Waals surface area contributed by atoms with Gasteiger partial charge in [-0.25, -0.2) is 0 Å². The number of non-ortho nitro benzene ring substituents is 1. The molecule has 0 N–H and O–H groups in total. The second kappa shape index (κ2) is 4.91. The average Bonchev–Trinajstić information content (AvgIpc) is 2.27. The topological polar surface area (TPSA) is 92.9 Å². The van der Waals surface area contributed by atoms with E-state index in [1.165, 1.54) is 23.1 Å². The highest BCUT2D eigenvalue weighted by Gasteiger charge is 2.15. The lowest BCUT2D eigenvalue weighted by Gasteiger charge is -2.03. The van der Waals surface area contributed by atoms with Crippen molar-refractivity contribution in [3.8, 4) is 0 Å². The van der Waals surface area contributed by atoms with Crippen LogP contribution in [0.4, 0.5) is 5.69 Å². The van der Waals surface area contributed by atoms with E-state index in [1.54, 1.807) is 14.1 Å². The molecule has 7 nitrogen and oxygen atoms in total. The Morgan fingerprint density at radius 3 is 2.59 bits per heavy atom. The minimum atomic E-state index is -3.89. The van der Waals surface area contributed by atoms with E-state index in [-0.39, 0.29) is 10.6 Å². The van der Waals surface area contributed by atoms with Crippen LogP contribution in [0, 0.1) is 10.1 Å². The quantitative estimate of drug-likeness (QED) is 0.345. The Bertz CT molecular complexity index is 551. The minimum absolute atomic E-state index is 0.204. The van der Waals surface area contributed by atoms with E-state index in [0.717, 1.165) is 12.4 Å².